The molecule has 1 aliphatic carbocycles. The molecule has 1 N–H and O–H groups in total. The third-order valence-electron chi connectivity index (χ3n) is 2.65. The Morgan fingerprint density at radius 1 is 1.64 bits per heavy atom. The van der Waals surface area contributed by atoms with Gasteiger partial charge >= 0.3 is 5.97 Å². The van der Waals surface area contributed by atoms with Crippen molar-refractivity contribution in [2.75, 3.05) is 0 Å². The van der Waals surface area contributed by atoms with Crippen LogP contribution < -0.4 is 0 Å². The van der Waals surface area contributed by atoms with E-state index in [0.717, 1.165) is 5.69 Å². The molecule has 1 heterocycles. The standard InChI is InChI=1S/C10H13NO3/c12-10(13)5-4-9-11-8(6-14-9)7-2-1-3-7/h6-7H,1-5H2,(H,12,13). The molecule has 0 atom stereocenters. The summed E-state index contributed by atoms with van der Waals surface area (Å²) in [6, 6.07) is 0. The molecule has 1 saturated carbocycles. The van der Waals surface area contributed by atoms with E-state index >= 15 is 0 Å². The largest absolute Gasteiger partial charge is 0.481 e. The van der Waals surface area contributed by atoms with Crippen LogP contribution in [0.15, 0.2) is 10.7 Å². The van der Waals surface area contributed by atoms with Crippen LogP contribution in [0, 0.1) is 0 Å². The minimum Gasteiger partial charge on any atom is -0.481 e. The van der Waals surface area contributed by atoms with Crippen molar-refractivity contribution in [1.29, 1.82) is 0 Å². The molecule has 0 unspecified atom stereocenters. The summed E-state index contributed by atoms with van der Waals surface area (Å²) >= 11 is 0. The zero-order chi connectivity index (χ0) is 9.97. The third-order valence-corrected chi connectivity index (χ3v) is 2.65. The molecule has 4 nitrogen and oxygen atoms in total. The number of carboxylic acids is 1. The summed E-state index contributed by atoms with van der Waals surface area (Å²) in [5.74, 6) is 0.292. The molecule has 14 heavy (non-hydrogen) atoms. The summed E-state index contributed by atoms with van der Waals surface area (Å²) in [5.41, 5.74) is 0.997. The average Bonchev–Trinajstić information content (AvgIpc) is 2.46. The maximum absolute atomic E-state index is 10.3. The van der Waals surface area contributed by atoms with Gasteiger partial charge in [0.2, 0.25) is 0 Å². The monoisotopic (exact) mass is 195 g/mol. The minimum atomic E-state index is -0.812. The molecule has 0 aliphatic heterocycles. The van der Waals surface area contributed by atoms with Crippen LogP contribution in [0.5, 0.6) is 0 Å². The van der Waals surface area contributed by atoms with Crippen LogP contribution in [0.25, 0.3) is 0 Å². The van der Waals surface area contributed by atoms with Crippen molar-refractivity contribution in [3.05, 3.63) is 17.8 Å². The second-order valence-corrected chi connectivity index (χ2v) is 3.69. The van der Waals surface area contributed by atoms with E-state index in [4.69, 9.17) is 9.52 Å². The Balaban J connectivity index is 1.92. The number of aryl methyl sites for hydroxylation is 1. The summed E-state index contributed by atoms with van der Waals surface area (Å²) in [4.78, 5) is 14.6. The SMILES string of the molecule is O=C(O)CCc1nc(C2CCC2)co1. The van der Waals surface area contributed by atoms with Crippen molar-refractivity contribution >= 4 is 5.97 Å². The molecule has 0 saturated heterocycles. The normalized spacial score (nSPS) is 16.6. The lowest BCUT2D eigenvalue weighted by Gasteiger charge is -2.22. The molecule has 0 radical (unpaired) electrons. The Morgan fingerprint density at radius 3 is 3.00 bits per heavy atom. The molecular formula is C10H13NO3. The molecule has 1 fully saturated rings. The van der Waals surface area contributed by atoms with Gasteiger partial charge in [-0.3, -0.25) is 4.79 Å². The molecule has 0 spiro atoms. The van der Waals surface area contributed by atoms with E-state index in [0.29, 0.717) is 18.2 Å². The number of aliphatic carboxylic acids is 1. The molecular weight excluding hydrogens is 182 g/mol. The number of hydrogen-bond acceptors (Lipinski definition) is 3. The highest BCUT2D eigenvalue weighted by Crippen LogP contribution is 2.35. The van der Waals surface area contributed by atoms with E-state index < -0.39 is 5.97 Å². The van der Waals surface area contributed by atoms with Gasteiger partial charge < -0.3 is 9.52 Å². The smallest absolute Gasteiger partial charge is 0.303 e. The van der Waals surface area contributed by atoms with Crippen molar-refractivity contribution in [2.24, 2.45) is 0 Å². The summed E-state index contributed by atoms with van der Waals surface area (Å²) in [7, 11) is 0. The lowest BCUT2D eigenvalue weighted by Crippen LogP contribution is -2.09. The first-order valence-electron chi connectivity index (χ1n) is 4.92. The molecule has 1 aromatic rings. The first-order chi connectivity index (χ1) is 6.75. The van der Waals surface area contributed by atoms with Gasteiger partial charge in [-0.2, -0.15) is 0 Å². The zero-order valence-corrected chi connectivity index (χ0v) is 7.90. The van der Waals surface area contributed by atoms with E-state index in [9.17, 15) is 4.79 Å². The summed E-state index contributed by atoms with van der Waals surface area (Å²) in [6.45, 7) is 0. The van der Waals surface area contributed by atoms with E-state index in [2.05, 4.69) is 4.98 Å². The Labute approximate surface area is 81.9 Å². The van der Waals surface area contributed by atoms with Gasteiger partial charge in [-0.15, -0.1) is 0 Å². The minimum absolute atomic E-state index is 0.0879. The van der Waals surface area contributed by atoms with Crippen LogP contribution in [-0.4, -0.2) is 16.1 Å². The fourth-order valence-corrected chi connectivity index (χ4v) is 1.55. The van der Waals surface area contributed by atoms with Crippen molar-refractivity contribution < 1.29 is 14.3 Å². The molecule has 2 rings (SSSR count). The Kier molecular flexibility index (Phi) is 2.52. The first kappa shape index (κ1) is 9.24. The highest BCUT2D eigenvalue weighted by atomic mass is 16.4. The van der Waals surface area contributed by atoms with Gasteiger partial charge in [0.05, 0.1) is 12.1 Å². The molecule has 0 amide bonds. The molecule has 0 aromatic carbocycles. The predicted octanol–water partition coefficient (Wildman–Crippen LogP) is 1.96. The average molecular weight is 195 g/mol. The molecule has 4 heteroatoms. The van der Waals surface area contributed by atoms with Gasteiger partial charge in [0, 0.05) is 12.3 Å². The Hall–Kier alpha value is -1.32. The highest BCUT2D eigenvalue weighted by molar-refractivity contribution is 5.66. The highest BCUT2D eigenvalue weighted by Gasteiger charge is 2.22. The fourth-order valence-electron chi connectivity index (χ4n) is 1.55. The van der Waals surface area contributed by atoms with Crippen molar-refractivity contribution in [1.82, 2.24) is 4.98 Å². The van der Waals surface area contributed by atoms with E-state index in [-0.39, 0.29) is 6.42 Å². The Morgan fingerprint density at radius 2 is 2.43 bits per heavy atom. The van der Waals surface area contributed by atoms with Crippen molar-refractivity contribution in [3.63, 3.8) is 0 Å². The van der Waals surface area contributed by atoms with Gasteiger partial charge in [0.1, 0.15) is 6.26 Å². The maximum atomic E-state index is 10.3. The topological polar surface area (TPSA) is 63.3 Å². The number of oxazole rings is 1. The molecule has 76 valence electrons. The zero-order valence-electron chi connectivity index (χ0n) is 7.90. The van der Waals surface area contributed by atoms with E-state index in [1.54, 1.807) is 6.26 Å². The van der Waals surface area contributed by atoms with Gasteiger partial charge in [-0.1, -0.05) is 6.42 Å². The Bertz CT molecular complexity index is 328. The predicted molar refractivity (Wildman–Crippen MR) is 49.1 cm³/mol. The molecule has 1 aromatic heterocycles. The lowest BCUT2D eigenvalue weighted by molar-refractivity contribution is -0.137. The van der Waals surface area contributed by atoms with Crippen LogP contribution in [-0.2, 0) is 11.2 Å². The summed E-state index contributed by atoms with van der Waals surface area (Å²) < 4.78 is 5.20. The second-order valence-electron chi connectivity index (χ2n) is 3.69. The second kappa shape index (κ2) is 3.82. The fraction of sp³-hybridized carbons (Fsp3) is 0.600. The van der Waals surface area contributed by atoms with Gasteiger partial charge in [-0.05, 0) is 12.8 Å². The van der Waals surface area contributed by atoms with Gasteiger partial charge in [-0.25, -0.2) is 4.98 Å². The third kappa shape index (κ3) is 1.95. The van der Waals surface area contributed by atoms with Crippen LogP contribution in [0.4, 0.5) is 0 Å². The van der Waals surface area contributed by atoms with Crippen molar-refractivity contribution in [3.8, 4) is 0 Å². The summed E-state index contributed by atoms with van der Waals surface area (Å²) in [5, 5.41) is 8.48. The number of nitrogens with zero attached hydrogens (tertiary/aromatic N) is 1. The lowest BCUT2D eigenvalue weighted by atomic mass is 9.83. The number of carbonyl (C=O) groups is 1. The number of aromatic nitrogens is 1. The molecule has 0 bridgehead atoms. The van der Waals surface area contributed by atoms with Crippen molar-refractivity contribution in [2.45, 2.75) is 38.0 Å². The van der Waals surface area contributed by atoms with Crippen LogP contribution in [0.3, 0.4) is 0 Å². The number of rotatable bonds is 4. The number of carboxylic acid groups (broad SMARTS) is 1. The van der Waals surface area contributed by atoms with Gasteiger partial charge in [0.25, 0.3) is 0 Å². The first-order valence-corrected chi connectivity index (χ1v) is 4.92. The van der Waals surface area contributed by atoms with Gasteiger partial charge in [0.15, 0.2) is 5.89 Å². The maximum Gasteiger partial charge on any atom is 0.303 e. The van der Waals surface area contributed by atoms with Crippen LogP contribution in [0.2, 0.25) is 0 Å². The van der Waals surface area contributed by atoms with E-state index in [1.165, 1.54) is 19.3 Å². The van der Waals surface area contributed by atoms with Crippen LogP contribution in [0.1, 0.15) is 43.2 Å². The van der Waals surface area contributed by atoms with E-state index in [1.807, 2.05) is 0 Å². The quantitative estimate of drug-likeness (QED) is 0.797. The number of hydrogen-bond donors (Lipinski definition) is 1. The van der Waals surface area contributed by atoms with Crippen LogP contribution >= 0.6 is 0 Å². The molecule has 1 aliphatic rings. The summed E-state index contributed by atoms with van der Waals surface area (Å²) in [6.07, 6.45) is 5.78.